The molecule has 2 saturated heterocycles. The molecule has 0 spiro atoms. The molecule has 41 heavy (non-hydrogen) atoms. The third kappa shape index (κ3) is 5.61. The topological polar surface area (TPSA) is 102 Å². The fraction of sp³-hybridized carbons (Fsp3) is 0.407. The van der Waals surface area contributed by atoms with Crippen molar-refractivity contribution in [2.45, 2.75) is 44.4 Å². The quantitative estimate of drug-likeness (QED) is 0.423. The summed E-state index contributed by atoms with van der Waals surface area (Å²) < 4.78 is 56.9. The molecule has 1 aromatic carbocycles. The van der Waals surface area contributed by atoms with E-state index < -0.39 is 23.6 Å². The van der Waals surface area contributed by atoms with Gasteiger partial charge in [-0.05, 0) is 38.5 Å². The van der Waals surface area contributed by atoms with Gasteiger partial charge in [-0.2, -0.15) is 13.2 Å². The number of amides is 2. The summed E-state index contributed by atoms with van der Waals surface area (Å²) in [4.78, 5) is 30.2. The Balaban J connectivity index is 1.21. The molecule has 2 amide bonds. The van der Waals surface area contributed by atoms with Crippen molar-refractivity contribution in [2.24, 2.45) is 0 Å². The number of nitrogens with one attached hydrogen (secondary N) is 1. The molecule has 10 nitrogen and oxygen atoms in total. The first-order chi connectivity index (χ1) is 19.5. The van der Waals surface area contributed by atoms with Crippen LogP contribution in [0.15, 0.2) is 42.7 Å². The van der Waals surface area contributed by atoms with Crippen molar-refractivity contribution in [1.29, 1.82) is 0 Å². The first kappa shape index (κ1) is 27.5. The van der Waals surface area contributed by atoms with Crippen LogP contribution in [-0.4, -0.2) is 65.2 Å². The highest BCUT2D eigenvalue weighted by Gasteiger charge is 2.41. The van der Waals surface area contributed by atoms with Crippen molar-refractivity contribution in [3.63, 3.8) is 0 Å². The average Bonchev–Trinajstić information content (AvgIpc) is 3.51. The Morgan fingerprint density at radius 1 is 1.24 bits per heavy atom. The number of pyridine rings is 1. The van der Waals surface area contributed by atoms with E-state index in [2.05, 4.69) is 25.2 Å². The van der Waals surface area contributed by atoms with Gasteiger partial charge in [0, 0.05) is 18.7 Å². The number of rotatable bonds is 5. The molecule has 2 fully saturated rings. The number of urea groups is 1. The standard InChI is InChI=1S/C27H26ClF3N6O4/c1-26(2)40-14-18(41-26)13-39-22-11-32-21(10-33-22)34-25(38)37-17-6-7-36(12-17)20-9-19(28)23(35-24(20)37)15-4-3-5-16(8-15)27(29,30)31/h3-5,8-11,17-18H,6-7,12-14H2,1-2H3,(H,32,34,38)/t17-,18-/m0/s1. The molecule has 2 aromatic heterocycles. The molecule has 0 unspecified atom stereocenters. The molecule has 2 bridgehead atoms. The summed E-state index contributed by atoms with van der Waals surface area (Å²) in [6.07, 6.45) is -1.31. The number of anilines is 3. The molecular formula is C27H26ClF3N6O4. The molecule has 6 rings (SSSR count). The monoisotopic (exact) mass is 590 g/mol. The number of carbonyl (C=O) groups is 1. The van der Waals surface area contributed by atoms with E-state index in [-0.39, 0.29) is 46.7 Å². The molecule has 0 aliphatic carbocycles. The molecule has 5 heterocycles. The number of alkyl halides is 3. The zero-order valence-corrected chi connectivity index (χ0v) is 22.9. The van der Waals surface area contributed by atoms with Crippen LogP contribution in [0.5, 0.6) is 5.88 Å². The zero-order chi connectivity index (χ0) is 28.9. The van der Waals surface area contributed by atoms with Gasteiger partial charge in [-0.1, -0.05) is 23.7 Å². The maximum atomic E-state index is 13.5. The number of ether oxygens (including phenoxy) is 3. The second-order valence-electron chi connectivity index (χ2n) is 10.4. The number of carbonyl (C=O) groups excluding carboxylic acids is 1. The van der Waals surface area contributed by atoms with Crippen LogP contribution in [0, 0.1) is 0 Å². The Labute approximate surface area is 238 Å². The van der Waals surface area contributed by atoms with Crippen LogP contribution in [0.1, 0.15) is 25.8 Å². The fourth-order valence-corrected chi connectivity index (χ4v) is 5.43. The zero-order valence-electron chi connectivity index (χ0n) is 22.1. The molecule has 3 aromatic rings. The van der Waals surface area contributed by atoms with Gasteiger partial charge in [0.15, 0.2) is 17.4 Å². The molecule has 3 aliphatic rings. The lowest BCUT2D eigenvalue weighted by Crippen LogP contribution is -2.48. The van der Waals surface area contributed by atoms with Crippen molar-refractivity contribution < 1.29 is 32.2 Å². The predicted octanol–water partition coefficient (Wildman–Crippen LogP) is 5.37. The lowest BCUT2D eigenvalue weighted by Gasteiger charge is -2.36. The minimum absolute atomic E-state index is 0.151. The van der Waals surface area contributed by atoms with Gasteiger partial charge in [-0.25, -0.2) is 19.7 Å². The number of benzene rings is 1. The molecule has 0 radical (unpaired) electrons. The summed E-state index contributed by atoms with van der Waals surface area (Å²) in [5, 5.41) is 2.93. The number of hydrogen-bond donors (Lipinski definition) is 1. The highest BCUT2D eigenvalue weighted by atomic mass is 35.5. The Bertz CT molecular complexity index is 1470. The van der Waals surface area contributed by atoms with Crippen LogP contribution in [0.2, 0.25) is 5.02 Å². The lowest BCUT2D eigenvalue weighted by molar-refractivity contribution is -0.141. The summed E-state index contributed by atoms with van der Waals surface area (Å²) in [6.45, 7) is 5.54. The van der Waals surface area contributed by atoms with Gasteiger partial charge in [0.25, 0.3) is 0 Å². The van der Waals surface area contributed by atoms with Crippen LogP contribution in [-0.2, 0) is 15.7 Å². The van der Waals surface area contributed by atoms with E-state index in [0.717, 1.165) is 12.1 Å². The van der Waals surface area contributed by atoms with Gasteiger partial charge in [0.05, 0.1) is 47.0 Å². The van der Waals surface area contributed by atoms with E-state index in [1.165, 1.54) is 29.4 Å². The smallest absolute Gasteiger partial charge is 0.416 e. The summed E-state index contributed by atoms with van der Waals surface area (Å²) in [5.74, 6) is 0.0967. The van der Waals surface area contributed by atoms with E-state index in [0.29, 0.717) is 37.6 Å². The van der Waals surface area contributed by atoms with Gasteiger partial charge in [0.1, 0.15) is 12.7 Å². The average molecular weight is 591 g/mol. The number of hydrogen-bond acceptors (Lipinski definition) is 8. The lowest BCUT2D eigenvalue weighted by atomic mass is 10.1. The van der Waals surface area contributed by atoms with Crippen molar-refractivity contribution in [1.82, 2.24) is 15.0 Å². The van der Waals surface area contributed by atoms with Crippen molar-refractivity contribution in [3.05, 3.63) is 53.3 Å². The largest absolute Gasteiger partial charge is 0.474 e. The number of nitrogens with zero attached hydrogens (tertiary/aromatic N) is 5. The third-order valence-electron chi connectivity index (χ3n) is 7.06. The Hall–Kier alpha value is -3.68. The molecule has 0 saturated carbocycles. The highest BCUT2D eigenvalue weighted by Crippen LogP contribution is 2.43. The minimum atomic E-state index is -4.52. The molecule has 216 valence electrons. The number of aromatic nitrogens is 3. The fourth-order valence-electron chi connectivity index (χ4n) is 5.18. The van der Waals surface area contributed by atoms with E-state index in [1.807, 2.05) is 13.8 Å². The van der Waals surface area contributed by atoms with Crippen molar-refractivity contribution >= 4 is 35.0 Å². The van der Waals surface area contributed by atoms with Crippen LogP contribution in [0.3, 0.4) is 0 Å². The van der Waals surface area contributed by atoms with Crippen molar-refractivity contribution in [3.8, 4) is 17.1 Å². The Kier molecular flexibility index (Phi) is 6.91. The maximum Gasteiger partial charge on any atom is 0.416 e. The summed E-state index contributed by atoms with van der Waals surface area (Å²) >= 11 is 6.52. The minimum Gasteiger partial charge on any atom is -0.474 e. The van der Waals surface area contributed by atoms with Gasteiger partial charge in [-0.3, -0.25) is 10.2 Å². The first-order valence-corrected chi connectivity index (χ1v) is 13.3. The van der Waals surface area contributed by atoms with E-state index in [9.17, 15) is 18.0 Å². The summed E-state index contributed by atoms with van der Waals surface area (Å²) in [5.41, 5.74) is 0.160. The molecule has 2 atom stereocenters. The SMILES string of the molecule is CC1(C)OC[C@H](COc2cnc(NC(=O)N3c4nc(-c5cccc(C(F)(F)F)c5)c(Cl)cc4N4CC[C@H]3C4)cn2)O1. The molecule has 14 heteroatoms. The molecule has 3 aliphatic heterocycles. The van der Waals surface area contributed by atoms with E-state index >= 15 is 0 Å². The Morgan fingerprint density at radius 3 is 2.78 bits per heavy atom. The maximum absolute atomic E-state index is 13.5. The van der Waals surface area contributed by atoms with Crippen LogP contribution in [0.25, 0.3) is 11.3 Å². The number of fused-ring (bicyclic) bond motifs is 4. The second-order valence-corrected chi connectivity index (χ2v) is 10.8. The van der Waals surface area contributed by atoms with E-state index in [4.69, 9.17) is 25.8 Å². The first-order valence-electron chi connectivity index (χ1n) is 13.0. The molecular weight excluding hydrogens is 565 g/mol. The van der Waals surface area contributed by atoms with E-state index in [1.54, 1.807) is 6.07 Å². The highest BCUT2D eigenvalue weighted by molar-refractivity contribution is 6.33. The summed E-state index contributed by atoms with van der Waals surface area (Å²) in [7, 11) is 0. The second kappa shape index (κ2) is 10.3. The molecule has 1 N–H and O–H groups in total. The van der Waals surface area contributed by atoms with Crippen molar-refractivity contribution in [2.75, 3.05) is 41.4 Å². The van der Waals surface area contributed by atoms with Gasteiger partial charge in [-0.15, -0.1) is 0 Å². The summed E-state index contributed by atoms with van der Waals surface area (Å²) in [6, 6.07) is 5.74. The van der Waals surface area contributed by atoms with Gasteiger partial charge >= 0.3 is 12.2 Å². The van der Waals surface area contributed by atoms with Gasteiger partial charge < -0.3 is 19.1 Å². The Morgan fingerprint density at radius 2 is 2.07 bits per heavy atom. The van der Waals surface area contributed by atoms with Crippen LogP contribution < -0.4 is 19.9 Å². The van der Waals surface area contributed by atoms with Crippen LogP contribution >= 0.6 is 11.6 Å². The predicted molar refractivity (Wildman–Crippen MR) is 144 cm³/mol. The van der Waals surface area contributed by atoms with Crippen LogP contribution in [0.4, 0.5) is 35.3 Å². The normalized spacial score (nSPS) is 21.1. The number of halogens is 4. The third-order valence-corrected chi connectivity index (χ3v) is 7.35. The van der Waals surface area contributed by atoms with Gasteiger partial charge in [0.2, 0.25) is 5.88 Å².